The van der Waals surface area contributed by atoms with Gasteiger partial charge in [0.25, 0.3) is 0 Å². The SMILES string of the molecule is CCCC1CCN(C(=O)CCOc2cccc(N)c2)C1. The quantitative estimate of drug-likeness (QED) is 0.813. The summed E-state index contributed by atoms with van der Waals surface area (Å²) in [5.41, 5.74) is 6.35. The molecule has 1 saturated heterocycles. The molecule has 2 rings (SSSR count). The maximum absolute atomic E-state index is 12.1. The van der Waals surface area contributed by atoms with Crippen LogP contribution >= 0.6 is 0 Å². The van der Waals surface area contributed by atoms with E-state index in [1.54, 1.807) is 6.07 Å². The van der Waals surface area contributed by atoms with Crippen molar-refractivity contribution in [1.82, 2.24) is 4.90 Å². The summed E-state index contributed by atoms with van der Waals surface area (Å²) in [5, 5.41) is 0. The average Bonchev–Trinajstić information content (AvgIpc) is 2.88. The fraction of sp³-hybridized carbons (Fsp3) is 0.562. The molecule has 1 amide bonds. The van der Waals surface area contributed by atoms with Crippen LogP contribution in [0.2, 0.25) is 0 Å². The molecule has 4 heteroatoms. The molecule has 1 aliphatic rings. The molecule has 1 unspecified atom stereocenters. The van der Waals surface area contributed by atoms with E-state index in [0.29, 0.717) is 24.6 Å². The molecule has 0 bridgehead atoms. The van der Waals surface area contributed by atoms with E-state index < -0.39 is 0 Å². The molecular formula is C16H24N2O2. The van der Waals surface area contributed by atoms with Crippen molar-refractivity contribution in [3.8, 4) is 5.75 Å². The average molecular weight is 276 g/mol. The van der Waals surface area contributed by atoms with E-state index in [9.17, 15) is 4.79 Å². The molecule has 0 aliphatic carbocycles. The lowest BCUT2D eigenvalue weighted by Gasteiger charge is -2.16. The highest BCUT2D eigenvalue weighted by molar-refractivity contribution is 5.76. The first-order valence-corrected chi connectivity index (χ1v) is 7.45. The second-order valence-electron chi connectivity index (χ2n) is 5.45. The fourth-order valence-electron chi connectivity index (χ4n) is 2.72. The lowest BCUT2D eigenvalue weighted by Crippen LogP contribution is -2.29. The first-order valence-electron chi connectivity index (χ1n) is 7.45. The van der Waals surface area contributed by atoms with Crippen LogP contribution in [0.15, 0.2) is 24.3 Å². The van der Waals surface area contributed by atoms with Gasteiger partial charge in [-0.1, -0.05) is 19.4 Å². The Balaban J connectivity index is 1.70. The van der Waals surface area contributed by atoms with Gasteiger partial charge in [0.15, 0.2) is 0 Å². The van der Waals surface area contributed by atoms with Crippen molar-refractivity contribution >= 4 is 11.6 Å². The van der Waals surface area contributed by atoms with E-state index in [1.165, 1.54) is 12.8 Å². The van der Waals surface area contributed by atoms with Gasteiger partial charge in [-0.15, -0.1) is 0 Å². The Morgan fingerprint density at radius 3 is 3.10 bits per heavy atom. The number of benzene rings is 1. The third-order valence-corrected chi connectivity index (χ3v) is 3.78. The molecule has 4 nitrogen and oxygen atoms in total. The van der Waals surface area contributed by atoms with Gasteiger partial charge in [0.1, 0.15) is 5.75 Å². The smallest absolute Gasteiger partial charge is 0.226 e. The van der Waals surface area contributed by atoms with Gasteiger partial charge in [0.2, 0.25) is 5.91 Å². The van der Waals surface area contributed by atoms with Gasteiger partial charge < -0.3 is 15.4 Å². The maximum atomic E-state index is 12.1. The van der Waals surface area contributed by atoms with E-state index >= 15 is 0 Å². The predicted molar refractivity (Wildman–Crippen MR) is 80.6 cm³/mol. The number of nitrogens with zero attached hydrogens (tertiary/aromatic N) is 1. The number of rotatable bonds is 6. The number of ether oxygens (including phenoxy) is 1. The van der Waals surface area contributed by atoms with Gasteiger partial charge in [-0.25, -0.2) is 0 Å². The molecule has 110 valence electrons. The number of nitrogen functional groups attached to an aromatic ring is 1. The van der Waals surface area contributed by atoms with Gasteiger partial charge in [-0.3, -0.25) is 4.79 Å². The summed E-state index contributed by atoms with van der Waals surface area (Å²) in [7, 11) is 0. The third kappa shape index (κ3) is 4.15. The highest BCUT2D eigenvalue weighted by atomic mass is 16.5. The largest absolute Gasteiger partial charge is 0.493 e. The number of amides is 1. The molecule has 0 spiro atoms. The van der Waals surface area contributed by atoms with Crippen molar-refractivity contribution in [1.29, 1.82) is 0 Å². The molecule has 0 saturated carbocycles. The summed E-state index contributed by atoms with van der Waals surface area (Å²) < 4.78 is 5.56. The van der Waals surface area contributed by atoms with Gasteiger partial charge in [-0.05, 0) is 30.9 Å². The fourth-order valence-corrected chi connectivity index (χ4v) is 2.72. The number of carbonyl (C=O) groups is 1. The second-order valence-corrected chi connectivity index (χ2v) is 5.45. The van der Waals surface area contributed by atoms with E-state index in [1.807, 2.05) is 23.1 Å². The van der Waals surface area contributed by atoms with Gasteiger partial charge in [0, 0.05) is 24.8 Å². The van der Waals surface area contributed by atoms with Crippen LogP contribution in [-0.2, 0) is 4.79 Å². The minimum absolute atomic E-state index is 0.201. The molecule has 0 aromatic heterocycles. The Hall–Kier alpha value is -1.71. The maximum Gasteiger partial charge on any atom is 0.226 e. The number of hydrogen-bond acceptors (Lipinski definition) is 3. The van der Waals surface area contributed by atoms with E-state index in [-0.39, 0.29) is 5.91 Å². The minimum atomic E-state index is 0.201. The van der Waals surface area contributed by atoms with Gasteiger partial charge in [-0.2, -0.15) is 0 Å². The standard InChI is InChI=1S/C16H24N2O2/c1-2-4-13-7-9-18(12-13)16(19)8-10-20-15-6-3-5-14(17)11-15/h3,5-6,11,13H,2,4,7-10,12,17H2,1H3. The van der Waals surface area contributed by atoms with Crippen molar-refractivity contribution in [2.24, 2.45) is 5.92 Å². The zero-order chi connectivity index (χ0) is 14.4. The molecule has 1 aromatic rings. The summed E-state index contributed by atoms with van der Waals surface area (Å²) >= 11 is 0. The van der Waals surface area contributed by atoms with Crippen LogP contribution in [0, 0.1) is 5.92 Å². The molecule has 1 atom stereocenters. The number of anilines is 1. The van der Waals surface area contributed by atoms with E-state index in [2.05, 4.69) is 6.92 Å². The van der Waals surface area contributed by atoms with Crippen LogP contribution in [0.25, 0.3) is 0 Å². The summed E-state index contributed by atoms with van der Waals surface area (Å²) in [5.74, 6) is 1.62. The normalized spacial score (nSPS) is 18.2. The van der Waals surface area contributed by atoms with Crippen molar-refractivity contribution in [2.45, 2.75) is 32.6 Å². The third-order valence-electron chi connectivity index (χ3n) is 3.78. The molecule has 20 heavy (non-hydrogen) atoms. The predicted octanol–water partition coefficient (Wildman–Crippen LogP) is 2.69. The number of nitrogens with two attached hydrogens (primary N) is 1. The molecular weight excluding hydrogens is 252 g/mol. The van der Waals surface area contributed by atoms with Crippen LogP contribution in [0.5, 0.6) is 5.75 Å². The zero-order valence-corrected chi connectivity index (χ0v) is 12.2. The van der Waals surface area contributed by atoms with Crippen molar-refractivity contribution < 1.29 is 9.53 Å². The molecule has 1 aromatic carbocycles. The Kier molecular flexibility index (Phi) is 5.27. The van der Waals surface area contributed by atoms with Crippen LogP contribution in [-0.4, -0.2) is 30.5 Å². The zero-order valence-electron chi connectivity index (χ0n) is 12.2. The number of likely N-dealkylation sites (tertiary alicyclic amines) is 1. The van der Waals surface area contributed by atoms with Crippen molar-refractivity contribution in [2.75, 3.05) is 25.4 Å². The Bertz CT molecular complexity index is 448. The summed E-state index contributed by atoms with van der Waals surface area (Å²) in [6.07, 6.45) is 4.01. The van der Waals surface area contributed by atoms with E-state index in [0.717, 1.165) is 25.3 Å². The lowest BCUT2D eigenvalue weighted by atomic mass is 10.0. The van der Waals surface area contributed by atoms with Gasteiger partial charge >= 0.3 is 0 Å². The monoisotopic (exact) mass is 276 g/mol. The van der Waals surface area contributed by atoms with Crippen molar-refractivity contribution in [3.05, 3.63) is 24.3 Å². The van der Waals surface area contributed by atoms with Crippen LogP contribution in [0.4, 0.5) is 5.69 Å². The molecule has 1 aliphatic heterocycles. The minimum Gasteiger partial charge on any atom is -0.493 e. The van der Waals surface area contributed by atoms with Gasteiger partial charge in [0.05, 0.1) is 13.0 Å². The highest BCUT2D eigenvalue weighted by Gasteiger charge is 2.25. The summed E-state index contributed by atoms with van der Waals surface area (Å²) in [6.45, 7) is 4.44. The first-order chi connectivity index (χ1) is 9.69. The second kappa shape index (κ2) is 7.17. The first kappa shape index (κ1) is 14.7. The number of hydrogen-bond donors (Lipinski definition) is 1. The lowest BCUT2D eigenvalue weighted by molar-refractivity contribution is -0.130. The Morgan fingerprint density at radius 2 is 2.35 bits per heavy atom. The molecule has 0 radical (unpaired) electrons. The molecule has 1 heterocycles. The molecule has 2 N–H and O–H groups in total. The van der Waals surface area contributed by atoms with E-state index in [4.69, 9.17) is 10.5 Å². The highest BCUT2D eigenvalue weighted by Crippen LogP contribution is 2.21. The van der Waals surface area contributed by atoms with Crippen LogP contribution in [0.3, 0.4) is 0 Å². The topological polar surface area (TPSA) is 55.6 Å². The van der Waals surface area contributed by atoms with Crippen molar-refractivity contribution in [3.63, 3.8) is 0 Å². The Labute approximate surface area is 120 Å². The van der Waals surface area contributed by atoms with Crippen LogP contribution < -0.4 is 10.5 Å². The van der Waals surface area contributed by atoms with Crippen LogP contribution in [0.1, 0.15) is 32.6 Å². The summed E-state index contributed by atoms with van der Waals surface area (Å²) in [6, 6.07) is 7.30. The number of carbonyl (C=O) groups excluding carboxylic acids is 1. The summed E-state index contributed by atoms with van der Waals surface area (Å²) in [4.78, 5) is 14.0. The Morgan fingerprint density at radius 1 is 1.50 bits per heavy atom. The molecule has 1 fully saturated rings.